The van der Waals surface area contributed by atoms with Gasteiger partial charge in [0.15, 0.2) is 0 Å². The van der Waals surface area contributed by atoms with Crippen molar-refractivity contribution in [1.29, 1.82) is 0 Å². The fourth-order valence-electron chi connectivity index (χ4n) is 1.46. The van der Waals surface area contributed by atoms with Crippen molar-refractivity contribution in [3.05, 3.63) is 0 Å². The predicted octanol–water partition coefficient (Wildman–Crippen LogP) is -0.486. The molecule has 0 aliphatic carbocycles. The third kappa shape index (κ3) is 4.81. The Morgan fingerprint density at radius 1 is 0.833 bits per heavy atom. The summed E-state index contributed by atoms with van der Waals surface area (Å²) in [5.74, 6) is -7.40. The number of hydrogen-bond donors (Lipinski definition) is 2. The second kappa shape index (κ2) is 7.25. The highest BCUT2D eigenvalue weighted by Gasteiger charge is 2.38. The van der Waals surface area contributed by atoms with Gasteiger partial charge in [-0.05, 0) is 0 Å². The van der Waals surface area contributed by atoms with E-state index in [0.29, 0.717) is 0 Å². The van der Waals surface area contributed by atoms with Gasteiger partial charge in [0.1, 0.15) is 0 Å². The van der Waals surface area contributed by atoms with Crippen LogP contribution in [-0.2, 0) is 28.7 Å². The SMILES string of the molecule is COC(=O)[C@H](CC(=O)O)[C@@H](CC(=O)O)C(=O)OC. The maximum Gasteiger partial charge on any atom is 0.310 e. The predicted molar refractivity (Wildman–Crippen MR) is 55.5 cm³/mol. The van der Waals surface area contributed by atoms with E-state index >= 15 is 0 Å². The Kier molecular flexibility index (Phi) is 6.40. The van der Waals surface area contributed by atoms with E-state index in [9.17, 15) is 19.2 Å². The summed E-state index contributed by atoms with van der Waals surface area (Å²) < 4.78 is 8.73. The Hall–Kier alpha value is -2.12. The molecule has 0 rings (SSSR count). The number of carbonyl (C=O) groups is 4. The fraction of sp³-hybridized carbons (Fsp3) is 0.600. The zero-order valence-electron chi connectivity index (χ0n) is 9.91. The number of carbonyl (C=O) groups excluding carboxylic acids is 2. The van der Waals surface area contributed by atoms with Crippen LogP contribution in [0.5, 0.6) is 0 Å². The lowest BCUT2D eigenvalue weighted by molar-refractivity contribution is -0.163. The largest absolute Gasteiger partial charge is 0.481 e. The van der Waals surface area contributed by atoms with Crippen LogP contribution in [0, 0.1) is 11.8 Å². The molecule has 8 heteroatoms. The molecule has 0 aromatic rings. The minimum atomic E-state index is -1.39. The van der Waals surface area contributed by atoms with Gasteiger partial charge < -0.3 is 19.7 Å². The molecule has 0 fully saturated rings. The number of methoxy groups -OCH3 is 2. The summed E-state index contributed by atoms with van der Waals surface area (Å²) in [5.41, 5.74) is 0. The molecule has 102 valence electrons. The minimum Gasteiger partial charge on any atom is -0.481 e. The summed E-state index contributed by atoms with van der Waals surface area (Å²) in [6.45, 7) is 0. The van der Waals surface area contributed by atoms with Crippen molar-refractivity contribution in [3.8, 4) is 0 Å². The number of carboxylic acid groups (broad SMARTS) is 2. The van der Waals surface area contributed by atoms with Crippen LogP contribution >= 0.6 is 0 Å². The lowest BCUT2D eigenvalue weighted by Gasteiger charge is -2.20. The molecule has 0 amide bonds. The summed E-state index contributed by atoms with van der Waals surface area (Å²) in [6.07, 6.45) is -1.42. The Bertz CT molecular complexity index is 314. The van der Waals surface area contributed by atoms with Crippen LogP contribution < -0.4 is 0 Å². The van der Waals surface area contributed by atoms with Crippen molar-refractivity contribution < 1.29 is 38.9 Å². The molecule has 2 atom stereocenters. The molecule has 18 heavy (non-hydrogen) atoms. The van der Waals surface area contributed by atoms with E-state index in [4.69, 9.17) is 10.2 Å². The maximum absolute atomic E-state index is 11.4. The van der Waals surface area contributed by atoms with Gasteiger partial charge in [-0.25, -0.2) is 0 Å². The van der Waals surface area contributed by atoms with Gasteiger partial charge in [-0.2, -0.15) is 0 Å². The topological polar surface area (TPSA) is 127 Å². The maximum atomic E-state index is 11.4. The van der Waals surface area contributed by atoms with Crippen molar-refractivity contribution in [2.24, 2.45) is 11.8 Å². The van der Waals surface area contributed by atoms with Gasteiger partial charge in [0.25, 0.3) is 0 Å². The molecule has 0 saturated carbocycles. The zero-order valence-corrected chi connectivity index (χ0v) is 9.91. The van der Waals surface area contributed by atoms with Gasteiger partial charge in [0.2, 0.25) is 0 Å². The molecule has 8 nitrogen and oxygen atoms in total. The molecule has 0 radical (unpaired) electrons. The van der Waals surface area contributed by atoms with E-state index in [1.807, 2.05) is 0 Å². The molecule has 0 bridgehead atoms. The Labute approximate surface area is 102 Å². The number of aliphatic carboxylic acids is 2. The van der Waals surface area contributed by atoms with Crippen LogP contribution in [0.25, 0.3) is 0 Å². The molecular weight excluding hydrogens is 248 g/mol. The number of esters is 2. The number of ether oxygens (including phenoxy) is 2. The van der Waals surface area contributed by atoms with E-state index in [0.717, 1.165) is 14.2 Å². The second-order valence-electron chi connectivity index (χ2n) is 3.46. The molecule has 0 heterocycles. The molecule has 0 aromatic carbocycles. The van der Waals surface area contributed by atoms with Gasteiger partial charge in [0.05, 0.1) is 38.9 Å². The van der Waals surface area contributed by atoms with Gasteiger partial charge >= 0.3 is 23.9 Å². The normalized spacial score (nSPS) is 13.2. The number of carboxylic acids is 2. The summed E-state index contributed by atoms with van der Waals surface area (Å²) >= 11 is 0. The van der Waals surface area contributed by atoms with E-state index in [1.54, 1.807) is 0 Å². The van der Waals surface area contributed by atoms with Gasteiger partial charge in [-0.15, -0.1) is 0 Å². The standard InChI is InChI=1S/C10H14O8/c1-17-9(15)5(3-7(11)12)6(4-8(13)14)10(16)18-2/h5-6H,3-4H2,1-2H3,(H,11,12)(H,13,14)/t5-,6-/m1/s1. The van der Waals surface area contributed by atoms with E-state index in [1.165, 1.54) is 0 Å². The molecule has 2 N–H and O–H groups in total. The average molecular weight is 262 g/mol. The summed E-state index contributed by atoms with van der Waals surface area (Å²) in [7, 11) is 2.04. The van der Waals surface area contributed by atoms with Crippen LogP contribution in [-0.4, -0.2) is 48.3 Å². The first-order chi connectivity index (χ1) is 8.33. The second-order valence-corrected chi connectivity index (χ2v) is 3.46. The fourth-order valence-corrected chi connectivity index (χ4v) is 1.46. The first-order valence-electron chi connectivity index (χ1n) is 4.92. The minimum absolute atomic E-state index is 0.709. The van der Waals surface area contributed by atoms with Crippen molar-refractivity contribution in [2.45, 2.75) is 12.8 Å². The van der Waals surface area contributed by atoms with E-state index in [2.05, 4.69) is 9.47 Å². The molecule has 0 unspecified atom stereocenters. The smallest absolute Gasteiger partial charge is 0.310 e. The van der Waals surface area contributed by atoms with Crippen LogP contribution in [0.2, 0.25) is 0 Å². The zero-order chi connectivity index (χ0) is 14.3. The molecule has 0 saturated heterocycles. The number of rotatable bonds is 7. The van der Waals surface area contributed by atoms with Gasteiger partial charge in [0, 0.05) is 0 Å². The molecule has 0 aromatic heterocycles. The van der Waals surface area contributed by atoms with E-state index in [-0.39, 0.29) is 0 Å². The summed E-state index contributed by atoms with van der Waals surface area (Å²) in [4.78, 5) is 44.1. The Balaban J connectivity index is 5.17. The first kappa shape index (κ1) is 15.9. The third-order valence-corrected chi connectivity index (χ3v) is 2.28. The van der Waals surface area contributed by atoms with Gasteiger partial charge in [-0.3, -0.25) is 19.2 Å². The quantitative estimate of drug-likeness (QED) is 0.588. The molecule has 0 aliphatic heterocycles. The lowest BCUT2D eigenvalue weighted by atomic mass is 9.87. The molecule has 0 spiro atoms. The van der Waals surface area contributed by atoms with Crippen molar-refractivity contribution >= 4 is 23.9 Å². The monoisotopic (exact) mass is 262 g/mol. The molecule has 0 aliphatic rings. The lowest BCUT2D eigenvalue weighted by Crippen LogP contribution is -2.35. The highest BCUT2D eigenvalue weighted by molar-refractivity contribution is 5.87. The highest BCUT2D eigenvalue weighted by Crippen LogP contribution is 2.23. The molecular formula is C10H14O8. The highest BCUT2D eigenvalue weighted by atomic mass is 16.5. The van der Waals surface area contributed by atoms with Gasteiger partial charge in [-0.1, -0.05) is 0 Å². The van der Waals surface area contributed by atoms with Crippen molar-refractivity contribution in [2.75, 3.05) is 14.2 Å². The Morgan fingerprint density at radius 2 is 1.11 bits per heavy atom. The van der Waals surface area contributed by atoms with Crippen molar-refractivity contribution in [1.82, 2.24) is 0 Å². The summed E-state index contributed by atoms with van der Waals surface area (Å²) in [5, 5.41) is 17.3. The third-order valence-electron chi connectivity index (χ3n) is 2.28. The van der Waals surface area contributed by atoms with E-state index < -0.39 is 48.6 Å². The Morgan fingerprint density at radius 3 is 1.28 bits per heavy atom. The van der Waals surface area contributed by atoms with Crippen LogP contribution in [0.15, 0.2) is 0 Å². The number of hydrogen-bond acceptors (Lipinski definition) is 6. The first-order valence-corrected chi connectivity index (χ1v) is 4.92. The van der Waals surface area contributed by atoms with Crippen LogP contribution in [0.1, 0.15) is 12.8 Å². The van der Waals surface area contributed by atoms with Crippen LogP contribution in [0.4, 0.5) is 0 Å². The summed E-state index contributed by atoms with van der Waals surface area (Å²) in [6, 6.07) is 0. The average Bonchev–Trinajstić information content (AvgIpc) is 2.30. The van der Waals surface area contributed by atoms with Crippen molar-refractivity contribution in [3.63, 3.8) is 0 Å². The van der Waals surface area contributed by atoms with Crippen LogP contribution in [0.3, 0.4) is 0 Å².